The van der Waals surface area contributed by atoms with Gasteiger partial charge in [0.1, 0.15) is 28.8 Å². The molecule has 0 saturated heterocycles. The third-order valence-corrected chi connectivity index (χ3v) is 5.25. The Hall–Kier alpha value is -4.80. The fourth-order valence-corrected chi connectivity index (χ4v) is 3.51. The first-order valence-corrected chi connectivity index (χ1v) is 10.6. The van der Waals surface area contributed by atoms with Gasteiger partial charge < -0.3 is 20.1 Å². The molecule has 0 unspecified atom stereocenters. The summed E-state index contributed by atoms with van der Waals surface area (Å²) in [6.07, 6.45) is 0. The number of amides is 2. The predicted octanol–water partition coefficient (Wildman–Crippen LogP) is 3.05. The molecule has 0 atom stereocenters. The van der Waals surface area contributed by atoms with Crippen LogP contribution in [0.5, 0.6) is 11.5 Å². The van der Waals surface area contributed by atoms with Crippen LogP contribution in [0.2, 0.25) is 0 Å². The Balaban J connectivity index is 1.66. The number of rotatable bonds is 7. The summed E-state index contributed by atoms with van der Waals surface area (Å²) in [6.45, 7) is -0.531. The van der Waals surface area contributed by atoms with E-state index >= 15 is 0 Å². The zero-order valence-corrected chi connectivity index (χ0v) is 19.2. The van der Waals surface area contributed by atoms with Crippen LogP contribution in [0, 0.1) is 11.6 Å². The van der Waals surface area contributed by atoms with Crippen molar-refractivity contribution in [3.8, 4) is 17.2 Å². The number of carbonyl (C=O) groups is 2. The smallest absolute Gasteiger partial charge is 0.279 e. The monoisotopic (exact) mass is 494 g/mol. The number of halogens is 2. The SMILES string of the molecule is COc1ccc(-n2nc(C(=O)NCC(=O)Nc3ccc(F)cc3F)c3ccccc3c2=O)c(OC)c1. The van der Waals surface area contributed by atoms with Crippen LogP contribution in [-0.4, -0.2) is 42.4 Å². The lowest BCUT2D eigenvalue weighted by Crippen LogP contribution is -2.35. The minimum atomic E-state index is -0.956. The number of hydrogen-bond donors (Lipinski definition) is 2. The lowest BCUT2D eigenvalue weighted by Gasteiger charge is -2.14. The molecular weight excluding hydrogens is 474 g/mol. The van der Waals surface area contributed by atoms with Crippen molar-refractivity contribution in [2.24, 2.45) is 0 Å². The van der Waals surface area contributed by atoms with Crippen LogP contribution in [0.25, 0.3) is 16.5 Å². The van der Waals surface area contributed by atoms with Crippen molar-refractivity contribution in [2.75, 3.05) is 26.1 Å². The van der Waals surface area contributed by atoms with Gasteiger partial charge in [0.05, 0.1) is 31.8 Å². The van der Waals surface area contributed by atoms with Crippen LogP contribution in [-0.2, 0) is 4.79 Å². The summed E-state index contributed by atoms with van der Waals surface area (Å²) >= 11 is 0. The first-order valence-electron chi connectivity index (χ1n) is 10.6. The highest BCUT2D eigenvalue weighted by molar-refractivity contribution is 6.06. The summed E-state index contributed by atoms with van der Waals surface area (Å²) in [5.74, 6) is -2.47. The molecule has 184 valence electrons. The van der Waals surface area contributed by atoms with Crippen molar-refractivity contribution in [1.29, 1.82) is 0 Å². The van der Waals surface area contributed by atoms with Crippen molar-refractivity contribution in [3.05, 3.63) is 88.3 Å². The third-order valence-electron chi connectivity index (χ3n) is 5.25. The van der Waals surface area contributed by atoms with Crippen LogP contribution >= 0.6 is 0 Å². The van der Waals surface area contributed by atoms with Crippen LogP contribution in [0.4, 0.5) is 14.5 Å². The van der Waals surface area contributed by atoms with Crippen molar-refractivity contribution in [2.45, 2.75) is 0 Å². The zero-order chi connectivity index (χ0) is 25.8. The van der Waals surface area contributed by atoms with Gasteiger partial charge in [-0.1, -0.05) is 18.2 Å². The van der Waals surface area contributed by atoms with Gasteiger partial charge >= 0.3 is 0 Å². The van der Waals surface area contributed by atoms with Gasteiger partial charge in [0.25, 0.3) is 11.5 Å². The molecule has 0 fully saturated rings. The molecule has 1 heterocycles. The van der Waals surface area contributed by atoms with E-state index in [4.69, 9.17) is 9.47 Å². The van der Waals surface area contributed by atoms with Crippen LogP contribution in [0.1, 0.15) is 10.5 Å². The van der Waals surface area contributed by atoms with E-state index in [0.29, 0.717) is 11.8 Å². The molecule has 2 amide bonds. The fraction of sp³-hybridized carbons (Fsp3) is 0.120. The maximum atomic E-state index is 13.8. The van der Waals surface area contributed by atoms with Crippen LogP contribution in [0.3, 0.4) is 0 Å². The van der Waals surface area contributed by atoms with Gasteiger partial charge in [0.15, 0.2) is 5.69 Å². The number of benzene rings is 3. The molecule has 3 aromatic carbocycles. The number of carbonyl (C=O) groups excluding carboxylic acids is 2. The second kappa shape index (κ2) is 10.2. The standard InChI is InChI=1S/C25H20F2N4O5/c1-35-15-8-10-20(21(12-15)36-2)31-25(34)17-6-4-3-5-16(17)23(30-31)24(33)28-13-22(32)29-19-9-7-14(26)11-18(19)27/h3-12H,13H2,1-2H3,(H,28,33)(H,29,32). The van der Waals surface area contributed by atoms with E-state index in [-0.39, 0.29) is 33.6 Å². The number of methoxy groups -OCH3 is 2. The fourth-order valence-electron chi connectivity index (χ4n) is 3.51. The topological polar surface area (TPSA) is 112 Å². The molecule has 0 aliphatic rings. The normalized spacial score (nSPS) is 10.7. The van der Waals surface area contributed by atoms with E-state index < -0.39 is 35.6 Å². The summed E-state index contributed by atoms with van der Waals surface area (Å²) in [5.41, 5.74) is -0.578. The third kappa shape index (κ3) is 4.85. The molecule has 36 heavy (non-hydrogen) atoms. The van der Waals surface area contributed by atoms with Gasteiger partial charge in [0, 0.05) is 17.5 Å². The van der Waals surface area contributed by atoms with E-state index in [0.717, 1.165) is 16.8 Å². The van der Waals surface area contributed by atoms with E-state index in [2.05, 4.69) is 15.7 Å². The van der Waals surface area contributed by atoms with Gasteiger partial charge in [0.2, 0.25) is 5.91 Å². The van der Waals surface area contributed by atoms with Gasteiger partial charge in [-0.05, 0) is 30.3 Å². The number of aromatic nitrogens is 2. The van der Waals surface area contributed by atoms with Crippen molar-refractivity contribution >= 4 is 28.3 Å². The number of nitrogens with zero attached hydrogens (tertiary/aromatic N) is 2. The van der Waals surface area contributed by atoms with Gasteiger partial charge in [-0.25, -0.2) is 8.78 Å². The molecule has 9 nitrogen and oxygen atoms in total. The largest absolute Gasteiger partial charge is 0.497 e. The Labute approximate surface area is 203 Å². The first kappa shape index (κ1) is 24.3. The van der Waals surface area contributed by atoms with Crippen LogP contribution < -0.4 is 25.7 Å². The van der Waals surface area contributed by atoms with Gasteiger partial charge in [-0.2, -0.15) is 9.78 Å². The molecule has 4 rings (SSSR count). The maximum Gasteiger partial charge on any atom is 0.279 e. The molecule has 1 aromatic heterocycles. The number of nitrogens with one attached hydrogen (secondary N) is 2. The minimum Gasteiger partial charge on any atom is -0.497 e. The van der Waals surface area contributed by atoms with Crippen molar-refractivity contribution in [1.82, 2.24) is 15.1 Å². The van der Waals surface area contributed by atoms with Crippen molar-refractivity contribution < 1.29 is 27.8 Å². The van der Waals surface area contributed by atoms with Crippen LogP contribution in [0.15, 0.2) is 65.5 Å². The molecule has 0 bridgehead atoms. The molecular formula is C25H20F2N4O5. The number of fused-ring (bicyclic) bond motifs is 1. The van der Waals surface area contributed by atoms with Gasteiger partial charge in [-0.15, -0.1) is 0 Å². The molecule has 2 N–H and O–H groups in total. The Morgan fingerprint density at radius 2 is 1.72 bits per heavy atom. The number of hydrogen-bond acceptors (Lipinski definition) is 6. The second-order valence-corrected chi connectivity index (χ2v) is 7.50. The summed E-state index contributed by atoms with van der Waals surface area (Å²) in [7, 11) is 2.90. The molecule has 0 radical (unpaired) electrons. The van der Waals surface area contributed by atoms with Crippen molar-refractivity contribution in [3.63, 3.8) is 0 Å². The lowest BCUT2D eigenvalue weighted by molar-refractivity contribution is -0.115. The quantitative estimate of drug-likeness (QED) is 0.409. The highest BCUT2D eigenvalue weighted by Crippen LogP contribution is 2.27. The first-order chi connectivity index (χ1) is 17.3. The van der Waals surface area contributed by atoms with Gasteiger partial charge in [-0.3, -0.25) is 14.4 Å². The van der Waals surface area contributed by atoms with E-state index in [1.807, 2.05) is 0 Å². The molecule has 0 spiro atoms. The predicted molar refractivity (Wildman–Crippen MR) is 128 cm³/mol. The molecule has 0 aliphatic heterocycles. The highest BCUT2D eigenvalue weighted by Gasteiger charge is 2.20. The Bertz CT molecular complexity index is 1540. The highest BCUT2D eigenvalue weighted by atomic mass is 19.1. The Morgan fingerprint density at radius 3 is 2.42 bits per heavy atom. The summed E-state index contributed by atoms with van der Waals surface area (Å²) in [5, 5.41) is 9.41. The van der Waals surface area contributed by atoms with E-state index in [1.54, 1.807) is 42.5 Å². The Kier molecular flexibility index (Phi) is 6.91. The number of anilines is 1. The molecule has 0 aliphatic carbocycles. The van der Waals surface area contributed by atoms with E-state index in [9.17, 15) is 23.2 Å². The second-order valence-electron chi connectivity index (χ2n) is 7.50. The molecule has 4 aromatic rings. The summed E-state index contributed by atoms with van der Waals surface area (Å²) < 4.78 is 38.5. The molecule has 0 saturated carbocycles. The summed E-state index contributed by atoms with van der Waals surface area (Å²) in [4.78, 5) is 38.5. The zero-order valence-electron chi connectivity index (χ0n) is 19.2. The average molecular weight is 494 g/mol. The molecule has 11 heteroatoms. The summed E-state index contributed by atoms with van der Waals surface area (Å²) in [6, 6.07) is 13.8. The van der Waals surface area contributed by atoms with E-state index in [1.165, 1.54) is 14.2 Å². The Morgan fingerprint density at radius 1 is 0.972 bits per heavy atom. The average Bonchev–Trinajstić information content (AvgIpc) is 2.89. The maximum absolute atomic E-state index is 13.8. The number of ether oxygens (including phenoxy) is 2. The lowest BCUT2D eigenvalue weighted by atomic mass is 10.1. The minimum absolute atomic E-state index is 0.121.